The number of hydrogen-bond donors (Lipinski definition) is 1. The Bertz CT molecular complexity index is 118. The van der Waals surface area contributed by atoms with E-state index in [0.29, 0.717) is 6.61 Å². The summed E-state index contributed by atoms with van der Waals surface area (Å²) in [6.07, 6.45) is 3.18. The molecule has 2 N–H and O–H groups in total. The van der Waals surface area contributed by atoms with E-state index in [9.17, 15) is 4.79 Å². The fraction of sp³-hybridized carbons (Fsp3) is 0.875. The largest absolute Gasteiger partial charge is 0.465 e. The molecule has 0 saturated heterocycles. The molecule has 0 aromatic rings. The van der Waals surface area contributed by atoms with E-state index in [4.69, 9.17) is 10.5 Å². The molecule has 0 unspecified atom stereocenters. The van der Waals surface area contributed by atoms with Crippen molar-refractivity contribution in [3.63, 3.8) is 0 Å². The predicted octanol–water partition coefficient (Wildman–Crippen LogP) is 1.49. The molecule has 0 rings (SSSR count). The van der Waals surface area contributed by atoms with E-state index in [2.05, 4.69) is 6.92 Å². The predicted molar refractivity (Wildman–Crippen MR) is 51.4 cm³/mol. The van der Waals surface area contributed by atoms with Gasteiger partial charge in [0.2, 0.25) is 0 Å². The third-order valence-corrected chi connectivity index (χ3v) is 1.36. The Morgan fingerprint density at radius 3 is 2.50 bits per heavy atom. The standard InChI is InChI=1S/C8H17NO2.ClH/c1-3-4-5-6-11-8(10)7(2)9;/h7H,3-6,9H2,1-2H3;1H/t7-;/m0./s1. The Morgan fingerprint density at radius 2 is 2.08 bits per heavy atom. The lowest BCUT2D eigenvalue weighted by atomic mass is 10.3. The third-order valence-electron chi connectivity index (χ3n) is 1.36. The zero-order valence-corrected chi connectivity index (χ0v) is 8.52. The van der Waals surface area contributed by atoms with Gasteiger partial charge in [0, 0.05) is 0 Å². The number of ether oxygens (including phenoxy) is 1. The van der Waals surface area contributed by atoms with Gasteiger partial charge in [-0.1, -0.05) is 19.8 Å². The molecule has 0 bridgehead atoms. The normalized spacial score (nSPS) is 11.6. The lowest BCUT2D eigenvalue weighted by molar-refractivity contribution is -0.144. The van der Waals surface area contributed by atoms with Crippen LogP contribution in [0.15, 0.2) is 0 Å². The molecule has 3 nitrogen and oxygen atoms in total. The van der Waals surface area contributed by atoms with Crippen molar-refractivity contribution >= 4 is 18.4 Å². The van der Waals surface area contributed by atoms with Crippen molar-refractivity contribution in [2.24, 2.45) is 5.73 Å². The fourth-order valence-electron chi connectivity index (χ4n) is 0.656. The molecule has 12 heavy (non-hydrogen) atoms. The van der Waals surface area contributed by atoms with Crippen LogP contribution < -0.4 is 5.73 Å². The molecule has 0 amide bonds. The molecule has 0 aliphatic heterocycles. The van der Waals surface area contributed by atoms with E-state index >= 15 is 0 Å². The molecule has 0 fully saturated rings. The molecule has 4 heteroatoms. The number of carbonyl (C=O) groups excluding carboxylic acids is 1. The van der Waals surface area contributed by atoms with E-state index < -0.39 is 6.04 Å². The van der Waals surface area contributed by atoms with E-state index in [1.165, 1.54) is 0 Å². The minimum atomic E-state index is -0.489. The van der Waals surface area contributed by atoms with Crippen molar-refractivity contribution in [3.05, 3.63) is 0 Å². The van der Waals surface area contributed by atoms with Gasteiger partial charge in [-0.15, -0.1) is 12.4 Å². The SMILES string of the molecule is CCCCCOC(=O)[C@H](C)N.Cl. The highest BCUT2D eigenvalue weighted by molar-refractivity contribution is 5.85. The van der Waals surface area contributed by atoms with Gasteiger partial charge < -0.3 is 10.5 Å². The number of rotatable bonds is 5. The Kier molecular flexibility index (Phi) is 10.5. The smallest absolute Gasteiger partial charge is 0.322 e. The first-order valence-corrected chi connectivity index (χ1v) is 4.10. The van der Waals surface area contributed by atoms with Gasteiger partial charge in [-0.05, 0) is 13.3 Å². The Balaban J connectivity index is 0. The lowest BCUT2D eigenvalue weighted by Gasteiger charge is -2.05. The van der Waals surface area contributed by atoms with Gasteiger partial charge in [-0.2, -0.15) is 0 Å². The van der Waals surface area contributed by atoms with Crippen LogP contribution >= 0.6 is 12.4 Å². The number of carbonyl (C=O) groups is 1. The first-order chi connectivity index (χ1) is 5.18. The van der Waals surface area contributed by atoms with Gasteiger partial charge >= 0.3 is 5.97 Å². The lowest BCUT2D eigenvalue weighted by Crippen LogP contribution is -2.28. The average molecular weight is 196 g/mol. The van der Waals surface area contributed by atoms with E-state index in [-0.39, 0.29) is 18.4 Å². The highest BCUT2D eigenvalue weighted by Crippen LogP contribution is 1.94. The summed E-state index contributed by atoms with van der Waals surface area (Å²) in [6.45, 7) is 4.24. The summed E-state index contributed by atoms with van der Waals surface area (Å²) in [4.78, 5) is 10.8. The summed E-state index contributed by atoms with van der Waals surface area (Å²) in [5.41, 5.74) is 5.28. The van der Waals surface area contributed by atoms with Crippen molar-refractivity contribution in [3.8, 4) is 0 Å². The summed E-state index contributed by atoms with van der Waals surface area (Å²) in [5, 5.41) is 0. The van der Waals surface area contributed by atoms with Gasteiger partial charge in [-0.3, -0.25) is 4.79 Å². The van der Waals surface area contributed by atoms with E-state index in [0.717, 1.165) is 19.3 Å². The zero-order valence-electron chi connectivity index (χ0n) is 7.71. The molecule has 74 valence electrons. The third kappa shape index (κ3) is 7.82. The van der Waals surface area contributed by atoms with Crippen LogP contribution in [0.25, 0.3) is 0 Å². The van der Waals surface area contributed by atoms with Crippen LogP contribution in [0.2, 0.25) is 0 Å². The van der Waals surface area contributed by atoms with Gasteiger partial charge in [0.05, 0.1) is 6.61 Å². The van der Waals surface area contributed by atoms with Crippen LogP contribution in [0.3, 0.4) is 0 Å². The second kappa shape index (κ2) is 8.81. The van der Waals surface area contributed by atoms with Crippen molar-refractivity contribution in [1.82, 2.24) is 0 Å². The molecule has 0 aliphatic carbocycles. The summed E-state index contributed by atoms with van der Waals surface area (Å²) in [7, 11) is 0. The average Bonchev–Trinajstić information content (AvgIpc) is 1.97. The van der Waals surface area contributed by atoms with Crippen molar-refractivity contribution in [2.75, 3.05) is 6.61 Å². The summed E-state index contributed by atoms with van der Waals surface area (Å²) in [5.74, 6) is -0.305. The monoisotopic (exact) mass is 195 g/mol. The second-order valence-corrected chi connectivity index (χ2v) is 2.66. The molecule has 0 heterocycles. The molecule has 0 aromatic heterocycles. The maximum Gasteiger partial charge on any atom is 0.322 e. The van der Waals surface area contributed by atoms with Gasteiger partial charge in [0.1, 0.15) is 6.04 Å². The van der Waals surface area contributed by atoms with Crippen molar-refractivity contribution < 1.29 is 9.53 Å². The minimum Gasteiger partial charge on any atom is -0.465 e. The van der Waals surface area contributed by atoms with Gasteiger partial charge in [-0.25, -0.2) is 0 Å². The van der Waals surface area contributed by atoms with Crippen LogP contribution in [-0.2, 0) is 9.53 Å². The highest BCUT2D eigenvalue weighted by atomic mass is 35.5. The van der Waals surface area contributed by atoms with Crippen molar-refractivity contribution in [2.45, 2.75) is 39.2 Å². The molecule has 0 aliphatic rings. The topological polar surface area (TPSA) is 52.3 Å². The quantitative estimate of drug-likeness (QED) is 0.534. The Morgan fingerprint density at radius 1 is 1.50 bits per heavy atom. The fourth-order valence-corrected chi connectivity index (χ4v) is 0.656. The first kappa shape index (κ1) is 14.3. The van der Waals surface area contributed by atoms with Crippen LogP contribution in [0.5, 0.6) is 0 Å². The molecular formula is C8H18ClNO2. The summed E-state index contributed by atoms with van der Waals surface area (Å²) < 4.78 is 4.84. The van der Waals surface area contributed by atoms with E-state index in [1.807, 2.05) is 0 Å². The molecule has 0 saturated carbocycles. The molecule has 0 aromatic carbocycles. The van der Waals surface area contributed by atoms with E-state index in [1.54, 1.807) is 6.92 Å². The van der Waals surface area contributed by atoms with Crippen LogP contribution in [0, 0.1) is 0 Å². The zero-order chi connectivity index (χ0) is 8.69. The van der Waals surface area contributed by atoms with Crippen LogP contribution in [-0.4, -0.2) is 18.6 Å². The van der Waals surface area contributed by atoms with Crippen LogP contribution in [0.4, 0.5) is 0 Å². The Labute approximate surface area is 80.1 Å². The molecule has 1 atom stereocenters. The maximum absolute atomic E-state index is 10.8. The van der Waals surface area contributed by atoms with Gasteiger partial charge in [0.25, 0.3) is 0 Å². The summed E-state index contributed by atoms with van der Waals surface area (Å²) in [6, 6.07) is -0.489. The van der Waals surface area contributed by atoms with Crippen molar-refractivity contribution in [1.29, 1.82) is 0 Å². The second-order valence-electron chi connectivity index (χ2n) is 2.66. The number of nitrogens with two attached hydrogens (primary N) is 1. The first-order valence-electron chi connectivity index (χ1n) is 4.10. The molecule has 0 radical (unpaired) electrons. The van der Waals surface area contributed by atoms with Gasteiger partial charge in [0.15, 0.2) is 0 Å². The Hall–Kier alpha value is -0.280. The van der Waals surface area contributed by atoms with Crippen LogP contribution in [0.1, 0.15) is 33.1 Å². The highest BCUT2D eigenvalue weighted by Gasteiger charge is 2.06. The number of esters is 1. The number of hydrogen-bond acceptors (Lipinski definition) is 3. The minimum absolute atomic E-state index is 0. The summed E-state index contributed by atoms with van der Waals surface area (Å²) >= 11 is 0. The molecular weight excluding hydrogens is 178 g/mol. The number of halogens is 1. The maximum atomic E-state index is 10.8. The number of unbranched alkanes of at least 4 members (excludes halogenated alkanes) is 2. The molecule has 0 spiro atoms.